The van der Waals surface area contributed by atoms with E-state index in [9.17, 15) is 14.7 Å². The van der Waals surface area contributed by atoms with Gasteiger partial charge >= 0.3 is 5.97 Å². The maximum atomic E-state index is 12.8. The van der Waals surface area contributed by atoms with Gasteiger partial charge in [-0.2, -0.15) is 0 Å². The van der Waals surface area contributed by atoms with Gasteiger partial charge < -0.3 is 14.7 Å². The van der Waals surface area contributed by atoms with E-state index in [-0.39, 0.29) is 11.9 Å². The smallest absolute Gasteiger partial charge is 0.308 e. The van der Waals surface area contributed by atoms with Crippen molar-refractivity contribution < 1.29 is 19.4 Å². The molecule has 0 spiro atoms. The summed E-state index contributed by atoms with van der Waals surface area (Å²) < 4.78 is 5.95. The molecule has 132 valence electrons. The topological polar surface area (TPSA) is 66.8 Å². The van der Waals surface area contributed by atoms with Crippen LogP contribution in [0.5, 0.6) is 5.75 Å². The normalized spacial score (nSPS) is 21.8. The highest BCUT2D eigenvalue weighted by Gasteiger charge is 2.37. The number of piperidine rings is 1. The van der Waals surface area contributed by atoms with Gasteiger partial charge in [0.1, 0.15) is 5.75 Å². The summed E-state index contributed by atoms with van der Waals surface area (Å²) in [6.07, 6.45) is 0.646. The minimum Gasteiger partial charge on any atom is -0.481 e. The second kappa shape index (κ2) is 7.13. The molecular formula is C20H23NO4. The van der Waals surface area contributed by atoms with Crippen molar-refractivity contribution in [2.24, 2.45) is 5.92 Å². The van der Waals surface area contributed by atoms with Crippen molar-refractivity contribution >= 4 is 22.6 Å². The van der Waals surface area contributed by atoms with E-state index in [1.165, 1.54) is 0 Å². The lowest BCUT2D eigenvalue weighted by molar-refractivity contribution is -0.151. The second-order valence-electron chi connectivity index (χ2n) is 6.60. The Morgan fingerprint density at radius 2 is 1.92 bits per heavy atom. The third kappa shape index (κ3) is 3.45. The van der Waals surface area contributed by atoms with E-state index in [1.54, 1.807) is 18.7 Å². The van der Waals surface area contributed by atoms with Gasteiger partial charge in [0.05, 0.1) is 5.92 Å². The summed E-state index contributed by atoms with van der Waals surface area (Å²) in [7, 11) is 0. The van der Waals surface area contributed by atoms with E-state index in [1.807, 2.05) is 42.5 Å². The van der Waals surface area contributed by atoms with Crippen molar-refractivity contribution in [1.29, 1.82) is 0 Å². The zero-order valence-corrected chi connectivity index (χ0v) is 14.5. The predicted molar refractivity (Wildman–Crippen MR) is 95.6 cm³/mol. The van der Waals surface area contributed by atoms with Crippen LogP contribution in [0.15, 0.2) is 42.5 Å². The highest BCUT2D eigenvalue weighted by molar-refractivity contribution is 5.89. The zero-order chi connectivity index (χ0) is 18.0. The van der Waals surface area contributed by atoms with Crippen LogP contribution in [0.4, 0.5) is 0 Å². The number of ether oxygens (including phenoxy) is 1. The lowest BCUT2D eigenvalue weighted by atomic mass is 9.90. The van der Waals surface area contributed by atoms with E-state index in [4.69, 9.17) is 4.74 Å². The Morgan fingerprint density at radius 3 is 2.68 bits per heavy atom. The summed E-state index contributed by atoms with van der Waals surface area (Å²) in [6.45, 7) is 4.11. The summed E-state index contributed by atoms with van der Waals surface area (Å²) in [6, 6.07) is 13.3. The number of hydrogen-bond donors (Lipinski definition) is 1. The number of benzene rings is 2. The van der Waals surface area contributed by atoms with Crippen LogP contribution in [0.25, 0.3) is 10.8 Å². The Bertz CT molecular complexity index is 783. The molecule has 1 aliphatic rings. The summed E-state index contributed by atoms with van der Waals surface area (Å²) in [5.41, 5.74) is 0. The van der Waals surface area contributed by atoms with Crippen molar-refractivity contribution in [1.82, 2.24) is 4.90 Å². The van der Waals surface area contributed by atoms with Crippen molar-refractivity contribution in [3.05, 3.63) is 42.5 Å². The molecule has 5 heteroatoms. The quantitative estimate of drug-likeness (QED) is 0.926. The number of fused-ring (bicyclic) bond motifs is 1. The summed E-state index contributed by atoms with van der Waals surface area (Å²) in [4.78, 5) is 25.8. The zero-order valence-electron chi connectivity index (χ0n) is 14.5. The number of carboxylic acids is 1. The summed E-state index contributed by atoms with van der Waals surface area (Å²) in [5, 5.41) is 11.3. The second-order valence-corrected chi connectivity index (χ2v) is 6.60. The maximum Gasteiger partial charge on any atom is 0.308 e. The number of carboxylic acid groups (broad SMARTS) is 1. The fourth-order valence-corrected chi connectivity index (χ4v) is 3.56. The van der Waals surface area contributed by atoms with Crippen LogP contribution in [-0.4, -0.2) is 40.6 Å². The average Bonchev–Trinajstić information content (AvgIpc) is 2.61. The van der Waals surface area contributed by atoms with Crippen molar-refractivity contribution in [2.75, 3.05) is 6.54 Å². The fourth-order valence-electron chi connectivity index (χ4n) is 3.56. The molecule has 1 N–H and O–H groups in total. The SMILES string of the molecule is CC(Oc1cccc2ccccc12)C(=O)N1CCC[C@H](C(=O)O)[C@@H]1C. The van der Waals surface area contributed by atoms with E-state index in [0.29, 0.717) is 25.1 Å². The van der Waals surface area contributed by atoms with Crippen molar-refractivity contribution in [3.8, 4) is 5.75 Å². The fraction of sp³-hybridized carbons (Fsp3) is 0.400. The highest BCUT2D eigenvalue weighted by Crippen LogP contribution is 2.28. The molecule has 3 rings (SSSR count). The Hall–Kier alpha value is -2.56. The molecule has 2 aromatic carbocycles. The van der Waals surface area contributed by atoms with Crippen LogP contribution in [0.1, 0.15) is 26.7 Å². The largest absolute Gasteiger partial charge is 0.481 e. The van der Waals surface area contributed by atoms with E-state index < -0.39 is 18.0 Å². The lowest BCUT2D eigenvalue weighted by Gasteiger charge is -2.38. The third-order valence-electron chi connectivity index (χ3n) is 4.99. The first-order chi connectivity index (χ1) is 12.0. The van der Waals surface area contributed by atoms with Gasteiger partial charge in [-0.15, -0.1) is 0 Å². The number of carbonyl (C=O) groups is 2. The molecule has 5 nitrogen and oxygen atoms in total. The van der Waals surface area contributed by atoms with Gasteiger partial charge in [0.15, 0.2) is 6.10 Å². The molecule has 1 heterocycles. The standard InChI is InChI=1S/C20H23NO4/c1-13-16(20(23)24)10-6-12-21(13)19(22)14(2)25-18-11-5-8-15-7-3-4-9-17(15)18/h3-5,7-9,11,13-14,16H,6,10,12H2,1-2H3,(H,23,24)/t13-,14?,16-/m0/s1. The van der Waals surface area contributed by atoms with E-state index >= 15 is 0 Å². The Labute approximate surface area is 147 Å². The molecule has 3 atom stereocenters. The molecule has 1 saturated heterocycles. The van der Waals surface area contributed by atoms with Crippen LogP contribution in [-0.2, 0) is 9.59 Å². The van der Waals surface area contributed by atoms with Gasteiger partial charge in [0, 0.05) is 18.0 Å². The molecule has 0 bridgehead atoms. The Balaban J connectivity index is 1.77. The summed E-state index contributed by atoms with van der Waals surface area (Å²) >= 11 is 0. The number of carbonyl (C=O) groups excluding carboxylic acids is 1. The first-order valence-electron chi connectivity index (χ1n) is 8.66. The number of amides is 1. The molecule has 0 aromatic heterocycles. The van der Waals surface area contributed by atoms with Crippen LogP contribution in [0.2, 0.25) is 0 Å². The van der Waals surface area contributed by atoms with Crippen molar-refractivity contribution in [3.63, 3.8) is 0 Å². The molecule has 1 amide bonds. The molecule has 1 unspecified atom stereocenters. The van der Waals surface area contributed by atoms with Crippen LogP contribution < -0.4 is 4.74 Å². The van der Waals surface area contributed by atoms with E-state index in [2.05, 4.69) is 0 Å². The molecule has 2 aromatic rings. The van der Waals surface area contributed by atoms with Gasteiger partial charge in [0.2, 0.25) is 0 Å². The number of likely N-dealkylation sites (tertiary alicyclic amines) is 1. The molecule has 1 fully saturated rings. The molecule has 0 aliphatic carbocycles. The van der Waals surface area contributed by atoms with Gasteiger partial charge in [-0.1, -0.05) is 36.4 Å². The minimum absolute atomic E-state index is 0.161. The molecule has 0 saturated carbocycles. The molecule has 0 radical (unpaired) electrons. The molecule has 25 heavy (non-hydrogen) atoms. The van der Waals surface area contributed by atoms with Gasteiger partial charge in [-0.05, 0) is 38.1 Å². The third-order valence-corrected chi connectivity index (χ3v) is 4.99. The van der Waals surface area contributed by atoms with Gasteiger partial charge in [0.25, 0.3) is 5.91 Å². The number of aliphatic carboxylic acids is 1. The van der Waals surface area contributed by atoms with Gasteiger partial charge in [-0.3, -0.25) is 9.59 Å². The first-order valence-corrected chi connectivity index (χ1v) is 8.66. The summed E-state index contributed by atoms with van der Waals surface area (Å²) in [5.74, 6) is -0.847. The maximum absolute atomic E-state index is 12.8. The molecular weight excluding hydrogens is 318 g/mol. The Morgan fingerprint density at radius 1 is 1.20 bits per heavy atom. The first kappa shape index (κ1) is 17.3. The van der Waals surface area contributed by atoms with Crippen LogP contribution in [0.3, 0.4) is 0 Å². The predicted octanol–water partition coefficient (Wildman–Crippen LogP) is 3.32. The van der Waals surface area contributed by atoms with Crippen LogP contribution in [0, 0.1) is 5.92 Å². The average molecular weight is 341 g/mol. The lowest BCUT2D eigenvalue weighted by Crippen LogP contribution is -2.52. The number of rotatable bonds is 4. The monoisotopic (exact) mass is 341 g/mol. The van der Waals surface area contributed by atoms with Gasteiger partial charge in [-0.25, -0.2) is 0 Å². The number of nitrogens with zero attached hydrogens (tertiary/aromatic N) is 1. The Kier molecular flexibility index (Phi) is 4.93. The highest BCUT2D eigenvalue weighted by atomic mass is 16.5. The van der Waals surface area contributed by atoms with Crippen molar-refractivity contribution in [2.45, 2.75) is 38.8 Å². The van der Waals surface area contributed by atoms with Crippen LogP contribution >= 0.6 is 0 Å². The number of hydrogen-bond acceptors (Lipinski definition) is 3. The minimum atomic E-state index is -0.840. The molecule has 1 aliphatic heterocycles. The van der Waals surface area contributed by atoms with E-state index in [0.717, 1.165) is 10.8 Å².